The van der Waals surface area contributed by atoms with Crippen molar-refractivity contribution in [3.05, 3.63) is 96.3 Å². The van der Waals surface area contributed by atoms with Crippen LogP contribution in [0.15, 0.2) is 90.0 Å². The minimum absolute atomic E-state index is 0.695. The third-order valence-electron chi connectivity index (χ3n) is 4.24. The summed E-state index contributed by atoms with van der Waals surface area (Å²) in [6.45, 7) is 0. The topological polar surface area (TPSA) is 21.5 Å². The fourth-order valence-corrected chi connectivity index (χ4v) is 3.82. The lowest BCUT2D eigenvalue weighted by atomic mass is 10.1. The highest BCUT2D eigenvalue weighted by molar-refractivity contribution is 7.98. The summed E-state index contributed by atoms with van der Waals surface area (Å²) in [6.07, 6.45) is 2.85. The van der Waals surface area contributed by atoms with Gasteiger partial charge in [0.15, 0.2) is 6.29 Å². The van der Waals surface area contributed by atoms with E-state index in [0.29, 0.717) is 5.69 Å². The molecule has 0 atom stereocenters. The van der Waals surface area contributed by atoms with E-state index in [1.165, 1.54) is 10.5 Å². The van der Waals surface area contributed by atoms with Crippen LogP contribution in [0.5, 0.6) is 0 Å². The van der Waals surface area contributed by atoms with Gasteiger partial charge in [-0.2, -0.15) is 0 Å². The van der Waals surface area contributed by atoms with Gasteiger partial charge in [0.1, 0.15) is 0 Å². The molecule has 4 aromatic rings. The predicted molar refractivity (Wildman–Crippen MR) is 104 cm³/mol. The van der Waals surface area contributed by atoms with Crippen molar-refractivity contribution in [1.29, 1.82) is 0 Å². The quantitative estimate of drug-likeness (QED) is 0.342. The molecular weight excluding hydrogens is 326 g/mol. The number of aromatic nitrogens is 1. The highest BCUT2D eigenvalue weighted by atomic mass is 32.2. The predicted octanol–water partition coefficient (Wildman–Crippen LogP) is 5.71. The summed E-state index contributed by atoms with van der Waals surface area (Å²) in [7, 11) is 0. The van der Waals surface area contributed by atoms with E-state index in [9.17, 15) is 4.79 Å². The highest BCUT2D eigenvalue weighted by Gasteiger charge is 2.11. The van der Waals surface area contributed by atoms with E-state index in [1.807, 2.05) is 46.6 Å². The van der Waals surface area contributed by atoms with Crippen LogP contribution in [0.4, 0.5) is 0 Å². The molecule has 2 nitrogen and oxygen atoms in total. The molecule has 2 aromatic heterocycles. The number of benzene rings is 2. The van der Waals surface area contributed by atoms with Gasteiger partial charge in [-0.15, -0.1) is 11.8 Å². The Kier molecular flexibility index (Phi) is 4.40. The van der Waals surface area contributed by atoms with Gasteiger partial charge < -0.3 is 4.40 Å². The summed E-state index contributed by atoms with van der Waals surface area (Å²) in [5.74, 6) is 0.954. The van der Waals surface area contributed by atoms with Crippen molar-refractivity contribution < 1.29 is 4.79 Å². The number of carbonyl (C=O) groups is 1. The minimum atomic E-state index is 0.695. The van der Waals surface area contributed by atoms with Crippen molar-refractivity contribution >= 4 is 23.6 Å². The van der Waals surface area contributed by atoms with Gasteiger partial charge in [0.05, 0.1) is 5.69 Å². The lowest BCUT2D eigenvalue weighted by molar-refractivity contribution is 0.111. The van der Waals surface area contributed by atoms with Gasteiger partial charge in [0.25, 0.3) is 0 Å². The number of thioether (sulfide) groups is 1. The van der Waals surface area contributed by atoms with Gasteiger partial charge in [-0.3, -0.25) is 4.79 Å². The van der Waals surface area contributed by atoms with Crippen molar-refractivity contribution in [3.8, 4) is 11.1 Å². The molecule has 0 saturated heterocycles. The third kappa shape index (κ3) is 3.24. The van der Waals surface area contributed by atoms with E-state index in [1.54, 1.807) is 0 Å². The van der Waals surface area contributed by atoms with Gasteiger partial charge in [-0.1, -0.05) is 48.5 Å². The Balaban J connectivity index is 1.59. The first-order valence-corrected chi connectivity index (χ1v) is 9.16. The van der Waals surface area contributed by atoms with Gasteiger partial charge in [-0.25, -0.2) is 0 Å². The van der Waals surface area contributed by atoms with E-state index >= 15 is 0 Å². The Morgan fingerprint density at radius 3 is 2.40 bits per heavy atom. The van der Waals surface area contributed by atoms with Gasteiger partial charge >= 0.3 is 0 Å². The maximum Gasteiger partial charge on any atom is 0.167 e. The van der Waals surface area contributed by atoms with Crippen LogP contribution in [0.1, 0.15) is 16.1 Å². The average Bonchev–Trinajstić information content (AvgIpc) is 3.06. The summed E-state index contributed by atoms with van der Waals surface area (Å²) >= 11 is 1.82. The fourth-order valence-electron chi connectivity index (χ4n) is 2.97. The summed E-state index contributed by atoms with van der Waals surface area (Å²) in [5, 5.41) is 0. The summed E-state index contributed by atoms with van der Waals surface area (Å²) in [6, 6.07) is 26.9. The zero-order valence-corrected chi connectivity index (χ0v) is 14.4. The number of nitrogens with zero attached hydrogens (tertiary/aromatic N) is 1. The molecule has 4 rings (SSSR count). The van der Waals surface area contributed by atoms with Crippen LogP contribution in [-0.2, 0) is 5.75 Å². The fraction of sp³-hybridized carbons (Fsp3) is 0.0455. The highest BCUT2D eigenvalue weighted by Crippen LogP contribution is 2.30. The second kappa shape index (κ2) is 6.99. The van der Waals surface area contributed by atoms with Crippen molar-refractivity contribution in [3.63, 3.8) is 0 Å². The smallest absolute Gasteiger partial charge is 0.167 e. The lowest BCUT2D eigenvalue weighted by Crippen LogP contribution is -1.91. The van der Waals surface area contributed by atoms with Crippen molar-refractivity contribution in [2.45, 2.75) is 10.6 Å². The Hall–Kier alpha value is -2.78. The van der Waals surface area contributed by atoms with Gasteiger partial charge in [0.2, 0.25) is 0 Å². The molecule has 0 radical (unpaired) electrons. The molecule has 0 unspecified atom stereocenters. The zero-order chi connectivity index (χ0) is 17.1. The Morgan fingerprint density at radius 1 is 0.880 bits per heavy atom. The van der Waals surface area contributed by atoms with E-state index in [0.717, 1.165) is 28.7 Å². The lowest BCUT2D eigenvalue weighted by Gasteiger charge is -2.05. The Bertz CT molecular complexity index is 1000. The molecule has 3 heteroatoms. The Labute approximate surface area is 151 Å². The molecular formula is C22H17NOS. The molecule has 2 aromatic carbocycles. The van der Waals surface area contributed by atoms with E-state index < -0.39 is 0 Å². The first-order chi connectivity index (χ1) is 12.3. The first-order valence-electron chi connectivity index (χ1n) is 8.17. The molecule has 25 heavy (non-hydrogen) atoms. The van der Waals surface area contributed by atoms with Crippen LogP contribution in [-0.4, -0.2) is 10.7 Å². The van der Waals surface area contributed by atoms with E-state index in [-0.39, 0.29) is 0 Å². The molecule has 2 heterocycles. The molecule has 0 fully saturated rings. The second-order valence-electron chi connectivity index (χ2n) is 5.86. The number of carbonyl (C=O) groups excluding carboxylic acids is 1. The zero-order valence-electron chi connectivity index (χ0n) is 13.6. The maximum atomic E-state index is 11.6. The van der Waals surface area contributed by atoms with Gasteiger partial charge in [0, 0.05) is 27.9 Å². The van der Waals surface area contributed by atoms with Gasteiger partial charge in [-0.05, 0) is 41.5 Å². The standard InChI is InChI=1S/C22H17NOS/c24-15-22-21(14-19-8-4-5-13-23(19)22)18-9-11-20(12-10-18)25-16-17-6-2-1-3-7-17/h1-15H,16H2. The van der Waals surface area contributed by atoms with Crippen LogP contribution in [0.2, 0.25) is 0 Å². The number of pyridine rings is 1. The normalized spacial score (nSPS) is 10.9. The van der Waals surface area contributed by atoms with Crippen molar-refractivity contribution in [1.82, 2.24) is 4.40 Å². The number of rotatable bonds is 5. The van der Waals surface area contributed by atoms with Crippen LogP contribution in [0, 0.1) is 0 Å². The monoisotopic (exact) mass is 343 g/mol. The average molecular weight is 343 g/mol. The molecule has 0 bridgehead atoms. The molecule has 122 valence electrons. The van der Waals surface area contributed by atoms with Crippen LogP contribution in [0.25, 0.3) is 16.6 Å². The largest absolute Gasteiger partial charge is 0.314 e. The number of hydrogen-bond acceptors (Lipinski definition) is 2. The SMILES string of the molecule is O=Cc1c(-c2ccc(SCc3ccccc3)cc2)cc2ccccn12. The molecule has 0 amide bonds. The molecule has 0 aliphatic carbocycles. The molecule has 0 spiro atoms. The maximum absolute atomic E-state index is 11.6. The molecule has 0 saturated carbocycles. The molecule has 0 N–H and O–H groups in total. The van der Waals surface area contributed by atoms with E-state index in [4.69, 9.17) is 0 Å². The second-order valence-corrected chi connectivity index (χ2v) is 6.90. The minimum Gasteiger partial charge on any atom is -0.314 e. The Morgan fingerprint density at radius 2 is 1.64 bits per heavy atom. The number of fused-ring (bicyclic) bond motifs is 1. The summed E-state index contributed by atoms with van der Waals surface area (Å²) < 4.78 is 1.93. The van der Waals surface area contributed by atoms with Crippen LogP contribution >= 0.6 is 11.8 Å². The first kappa shape index (κ1) is 15.7. The molecule has 0 aliphatic heterocycles. The third-order valence-corrected chi connectivity index (χ3v) is 5.33. The number of aldehydes is 1. The van der Waals surface area contributed by atoms with E-state index in [2.05, 4.69) is 54.6 Å². The number of hydrogen-bond donors (Lipinski definition) is 0. The van der Waals surface area contributed by atoms with Crippen molar-refractivity contribution in [2.75, 3.05) is 0 Å². The van der Waals surface area contributed by atoms with Crippen molar-refractivity contribution in [2.24, 2.45) is 0 Å². The van der Waals surface area contributed by atoms with Crippen LogP contribution in [0.3, 0.4) is 0 Å². The summed E-state index contributed by atoms with van der Waals surface area (Å²) in [4.78, 5) is 12.8. The molecule has 0 aliphatic rings. The van der Waals surface area contributed by atoms with Crippen LogP contribution < -0.4 is 0 Å². The summed E-state index contributed by atoms with van der Waals surface area (Å²) in [5.41, 5.74) is 5.08.